The lowest BCUT2D eigenvalue weighted by molar-refractivity contribution is -0.105. The first kappa shape index (κ1) is 29.8. The molecule has 0 aliphatic carbocycles. The van der Waals surface area contributed by atoms with Crippen molar-refractivity contribution >= 4 is 21.7 Å². The van der Waals surface area contributed by atoms with Crippen molar-refractivity contribution < 1.29 is 46.4 Å². The van der Waals surface area contributed by atoms with E-state index in [1.165, 1.54) is 51.7 Å². The van der Waals surface area contributed by atoms with Crippen LogP contribution in [0.3, 0.4) is 0 Å². The number of anilines is 1. The minimum atomic E-state index is -4.25. The predicted octanol–water partition coefficient (Wildman–Crippen LogP) is 5.39. The van der Waals surface area contributed by atoms with Crippen LogP contribution in [0.15, 0.2) is 59.5 Å². The topological polar surface area (TPSA) is 128 Å². The van der Waals surface area contributed by atoms with Crippen molar-refractivity contribution in [3.05, 3.63) is 60.2 Å². The summed E-state index contributed by atoms with van der Waals surface area (Å²) in [5, 5.41) is 0. The molecule has 1 aliphatic heterocycles. The summed E-state index contributed by atoms with van der Waals surface area (Å²) < 4.78 is 69.5. The lowest BCUT2D eigenvalue weighted by atomic mass is 10.1. The Morgan fingerprint density at radius 1 is 0.951 bits per heavy atom. The number of methoxy groups -OCH3 is 3. The van der Waals surface area contributed by atoms with Crippen LogP contribution in [0.5, 0.6) is 34.5 Å². The van der Waals surface area contributed by atoms with Gasteiger partial charge in [0.25, 0.3) is 10.0 Å². The maximum absolute atomic E-state index is 13.7. The van der Waals surface area contributed by atoms with Gasteiger partial charge in [-0.2, -0.15) is 0 Å². The quantitative estimate of drug-likeness (QED) is 0.276. The molecule has 11 nitrogen and oxygen atoms in total. The number of nitrogens with one attached hydrogen (secondary N) is 1. The molecule has 12 heteroatoms. The van der Waals surface area contributed by atoms with Crippen LogP contribution in [0, 0.1) is 0 Å². The van der Waals surface area contributed by atoms with E-state index in [1.807, 2.05) is 0 Å². The molecule has 1 aliphatic rings. The molecule has 3 aromatic rings. The molecular weight excluding hydrogens is 554 g/mol. The van der Waals surface area contributed by atoms with Crippen LogP contribution in [0.1, 0.15) is 36.5 Å². The molecule has 0 spiro atoms. The summed E-state index contributed by atoms with van der Waals surface area (Å²) in [5.41, 5.74) is -0.236. The Morgan fingerprint density at radius 2 is 1.68 bits per heavy atom. The van der Waals surface area contributed by atoms with E-state index in [1.54, 1.807) is 31.2 Å². The van der Waals surface area contributed by atoms with Crippen molar-refractivity contribution in [2.24, 2.45) is 0 Å². The number of ether oxygens (including phenoxy) is 7. The summed E-state index contributed by atoms with van der Waals surface area (Å²) in [6, 6.07) is 14.0. The van der Waals surface area contributed by atoms with Gasteiger partial charge in [0.05, 0.1) is 39.4 Å². The highest BCUT2D eigenvalue weighted by molar-refractivity contribution is 7.92. The summed E-state index contributed by atoms with van der Waals surface area (Å²) in [6.45, 7) is 2.38. The van der Waals surface area contributed by atoms with Gasteiger partial charge in [-0.15, -0.1) is 0 Å². The van der Waals surface area contributed by atoms with Crippen molar-refractivity contribution in [1.29, 1.82) is 0 Å². The second kappa shape index (κ2) is 13.5. The van der Waals surface area contributed by atoms with Crippen LogP contribution in [-0.4, -0.2) is 55.2 Å². The number of sulfonamides is 1. The van der Waals surface area contributed by atoms with Crippen molar-refractivity contribution in [2.75, 3.05) is 39.3 Å². The number of hydrogen-bond acceptors (Lipinski definition) is 10. The summed E-state index contributed by atoms with van der Waals surface area (Å²) in [5.74, 6) is 0.475. The normalized spacial score (nSPS) is 15.0. The Kier molecular flexibility index (Phi) is 9.79. The maximum atomic E-state index is 13.7. The second-order valence-electron chi connectivity index (χ2n) is 8.86. The first-order valence-corrected chi connectivity index (χ1v) is 14.5. The van der Waals surface area contributed by atoms with E-state index >= 15 is 0 Å². The molecule has 1 fully saturated rings. The van der Waals surface area contributed by atoms with Crippen LogP contribution in [0.25, 0.3) is 0 Å². The highest BCUT2D eigenvalue weighted by Gasteiger charge is 2.32. The first-order valence-electron chi connectivity index (χ1n) is 13.0. The number of benzene rings is 3. The van der Waals surface area contributed by atoms with Gasteiger partial charge in [-0.1, -0.05) is 6.07 Å². The Morgan fingerprint density at radius 3 is 2.32 bits per heavy atom. The Labute approximate surface area is 239 Å². The van der Waals surface area contributed by atoms with Crippen LogP contribution in [0.2, 0.25) is 0 Å². The molecule has 41 heavy (non-hydrogen) atoms. The van der Waals surface area contributed by atoms with Gasteiger partial charge >= 0.3 is 5.97 Å². The van der Waals surface area contributed by atoms with E-state index in [4.69, 9.17) is 33.2 Å². The highest BCUT2D eigenvalue weighted by atomic mass is 32.2. The van der Waals surface area contributed by atoms with Gasteiger partial charge in [-0.05, 0) is 56.2 Å². The number of carbonyl (C=O) groups excluding carboxylic acids is 1. The second-order valence-corrected chi connectivity index (χ2v) is 10.5. The molecule has 0 saturated carbocycles. The standard InChI is InChI=1S/C29H33NO10S/c1-5-37-24-18-23(29(31)36-4)27(40-25-11-6-7-16-38-25)26(28(24)39-21-10-8-9-20(17-21)35-3)30-41(32,33)22-14-12-19(34-2)13-15-22/h8-10,12-15,17-18,25,30H,5-7,11,16H2,1-4H3. The fraction of sp³-hybridized carbons (Fsp3) is 0.345. The molecular formula is C29H33NO10S. The molecule has 0 radical (unpaired) electrons. The smallest absolute Gasteiger partial charge is 0.341 e. The average Bonchev–Trinajstić information content (AvgIpc) is 3.00. The molecule has 0 amide bonds. The zero-order chi connectivity index (χ0) is 29.4. The number of carbonyl (C=O) groups is 1. The SMILES string of the molecule is CCOc1cc(C(=O)OC)c(OC2CCCCO2)c(NS(=O)(=O)c2ccc(OC)cc2)c1Oc1cccc(OC)c1. The van der Waals surface area contributed by atoms with E-state index in [0.29, 0.717) is 30.3 Å². The molecule has 0 aromatic heterocycles. The first-order chi connectivity index (χ1) is 19.8. The zero-order valence-corrected chi connectivity index (χ0v) is 24.1. The van der Waals surface area contributed by atoms with Gasteiger partial charge in [0, 0.05) is 18.6 Å². The van der Waals surface area contributed by atoms with E-state index in [0.717, 1.165) is 12.8 Å². The minimum Gasteiger partial charge on any atom is -0.497 e. The fourth-order valence-corrected chi connectivity index (χ4v) is 5.20. The predicted molar refractivity (Wildman–Crippen MR) is 150 cm³/mol. The maximum Gasteiger partial charge on any atom is 0.341 e. The van der Waals surface area contributed by atoms with Gasteiger partial charge in [-0.3, -0.25) is 4.72 Å². The molecule has 220 valence electrons. The lowest BCUT2D eigenvalue weighted by Crippen LogP contribution is -2.27. The summed E-state index contributed by atoms with van der Waals surface area (Å²) >= 11 is 0. The van der Waals surface area contributed by atoms with Gasteiger partial charge in [0.2, 0.25) is 0 Å². The molecule has 1 N–H and O–H groups in total. The Bertz CT molecular complexity index is 1450. The third kappa shape index (κ3) is 7.14. The largest absolute Gasteiger partial charge is 0.497 e. The van der Waals surface area contributed by atoms with E-state index in [2.05, 4.69) is 4.72 Å². The molecule has 1 unspecified atom stereocenters. The highest BCUT2D eigenvalue weighted by Crippen LogP contribution is 2.49. The van der Waals surface area contributed by atoms with E-state index in [-0.39, 0.29) is 40.0 Å². The number of hydrogen-bond donors (Lipinski definition) is 1. The average molecular weight is 588 g/mol. The van der Waals surface area contributed by atoms with Crippen LogP contribution in [-0.2, 0) is 19.5 Å². The minimum absolute atomic E-state index is 0.0318. The molecule has 4 rings (SSSR count). The molecule has 3 aromatic carbocycles. The summed E-state index contributed by atoms with van der Waals surface area (Å²) in [4.78, 5) is 12.9. The summed E-state index contributed by atoms with van der Waals surface area (Å²) in [7, 11) is -0.0402. The molecule has 1 saturated heterocycles. The Balaban J connectivity index is 1.94. The van der Waals surface area contributed by atoms with Gasteiger partial charge < -0.3 is 33.2 Å². The van der Waals surface area contributed by atoms with Crippen molar-refractivity contribution in [2.45, 2.75) is 37.4 Å². The monoisotopic (exact) mass is 587 g/mol. The van der Waals surface area contributed by atoms with Gasteiger partial charge in [0.15, 0.2) is 23.5 Å². The number of esters is 1. The molecule has 1 heterocycles. The Hall–Kier alpha value is -4.16. The number of rotatable bonds is 12. The van der Waals surface area contributed by atoms with Crippen LogP contribution in [0.4, 0.5) is 5.69 Å². The van der Waals surface area contributed by atoms with Crippen LogP contribution < -0.4 is 28.4 Å². The van der Waals surface area contributed by atoms with Gasteiger partial charge in [0.1, 0.15) is 28.5 Å². The van der Waals surface area contributed by atoms with Crippen molar-refractivity contribution in [3.8, 4) is 34.5 Å². The lowest BCUT2D eigenvalue weighted by Gasteiger charge is -2.27. The van der Waals surface area contributed by atoms with Gasteiger partial charge in [-0.25, -0.2) is 13.2 Å². The van der Waals surface area contributed by atoms with Crippen molar-refractivity contribution in [1.82, 2.24) is 0 Å². The van der Waals surface area contributed by atoms with E-state index < -0.39 is 22.3 Å². The van der Waals surface area contributed by atoms with Crippen molar-refractivity contribution in [3.63, 3.8) is 0 Å². The molecule has 0 bridgehead atoms. The van der Waals surface area contributed by atoms with Crippen LogP contribution >= 0.6 is 0 Å². The third-order valence-electron chi connectivity index (χ3n) is 6.16. The summed E-state index contributed by atoms with van der Waals surface area (Å²) in [6.07, 6.45) is 1.48. The fourth-order valence-electron chi connectivity index (χ4n) is 4.13. The van der Waals surface area contributed by atoms with E-state index in [9.17, 15) is 13.2 Å². The molecule has 1 atom stereocenters. The third-order valence-corrected chi connectivity index (χ3v) is 7.52. The zero-order valence-electron chi connectivity index (χ0n) is 23.3.